The Morgan fingerprint density at radius 3 is 3.00 bits per heavy atom. The number of hydrogen-bond donors (Lipinski definition) is 0. The molecule has 2 atom stereocenters. The van der Waals surface area contributed by atoms with Crippen molar-refractivity contribution in [2.45, 2.75) is 31.5 Å². The van der Waals surface area contributed by atoms with Gasteiger partial charge in [-0.2, -0.15) is 0 Å². The third kappa shape index (κ3) is 1.82. The zero-order valence-corrected chi connectivity index (χ0v) is 14.3. The van der Waals surface area contributed by atoms with Crippen LogP contribution in [0.25, 0.3) is 5.65 Å². The third-order valence-electron chi connectivity index (χ3n) is 5.82. The lowest BCUT2D eigenvalue weighted by atomic mass is 10.1. The number of rotatable bonds is 1. The average Bonchev–Trinajstić information content (AvgIpc) is 3.26. The molecule has 3 saturated heterocycles. The number of aromatic nitrogens is 2. The number of hydrogen-bond acceptors (Lipinski definition) is 5. The van der Waals surface area contributed by atoms with E-state index in [1.807, 2.05) is 6.07 Å². The number of carbonyl (C=O) groups is 2. The van der Waals surface area contributed by atoms with Crippen molar-refractivity contribution >= 4 is 17.5 Å². The van der Waals surface area contributed by atoms with Crippen LogP contribution in [0.15, 0.2) is 29.2 Å². The van der Waals surface area contributed by atoms with Crippen LogP contribution in [0.4, 0.5) is 0 Å². The summed E-state index contributed by atoms with van der Waals surface area (Å²) in [4.78, 5) is 46.0. The predicted molar refractivity (Wildman–Crippen MR) is 90.7 cm³/mol. The second-order valence-corrected chi connectivity index (χ2v) is 7.04. The molecule has 0 aliphatic carbocycles. The van der Waals surface area contributed by atoms with Crippen LogP contribution in [0.3, 0.4) is 0 Å². The van der Waals surface area contributed by atoms with Crippen molar-refractivity contribution in [1.29, 1.82) is 0 Å². The number of fused-ring (bicyclic) bond motifs is 1. The number of amides is 2. The number of pyridine rings is 1. The van der Waals surface area contributed by atoms with E-state index in [9.17, 15) is 14.4 Å². The summed E-state index contributed by atoms with van der Waals surface area (Å²) in [5.74, 6) is -0.374. The van der Waals surface area contributed by atoms with Gasteiger partial charge < -0.3 is 14.5 Å². The Morgan fingerprint density at radius 1 is 1.31 bits per heavy atom. The molecule has 5 heterocycles. The fraction of sp³-hybridized carbons (Fsp3) is 0.444. The first kappa shape index (κ1) is 15.5. The Hall–Kier alpha value is -2.74. The fourth-order valence-electron chi connectivity index (χ4n) is 4.61. The normalized spacial score (nSPS) is 27.3. The van der Waals surface area contributed by atoms with Crippen LogP contribution < -0.4 is 5.56 Å². The van der Waals surface area contributed by atoms with E-state index in [1.54, 1.807) is 28.9 Å². The van der Waals surface area contributed by atoms with E-state index in [2.05, 4.69) is 4.98 Å². The summed E-state index contributed by atoms with van der Waals surface area (Å²) in [6.45, 7) is 3.32. The first-order valence-corrected chi connectivity index (χ1v) is 8.76. The highest BCUT2D eigenvalue weighted by Gasteiger charge is 2.63. The quantitative estimate of drug-likeness (QED) is 0.729. The predicted octanol–water partition coefficient (Wildman–Crippen LogP) is 0.176. The first-order chi connectivity index (χ1) is 12.5. The topological polar surface area (TPSA) is 84.2 Å². The van der Waals surface area contributed by atoms with Gasteiger partial charge in [-0.15, -0.1) is 0 Å². The van der Waals surface area contributed by atoms with Crippen LogP contribution in [0.5, 0.6) is 0 Å². The minimum atomic E-state index is -0.705. The minimum absolute atomic E-state index is 0.00852. The van der Waals surface area contributed by atoms with Crippen molar-refractivity contribution in [1.82, 2.24) is 19.2 Å². The molecule has 8 nitrogen and oxygen atoms in total. The lowest BCUT2D eigenvalue weighted by Gasteiger charge is -2.31. The van der Waals surface area contributed by atoms with Crippen LogP contribution in [0, 0.1) is 6.92 Å². The van der Waals surface area contributed by atoms with Gasteiger partial charge in [-0.1, -0.05) is 6.07 Å². The van der Waals surface area contributed by atoms with Gasteiger partial charge in [0.15, 0.2) is 5.72 Å². The molecule has 1 spiro atoms. The molecule has 0 bridgehead atoms. The van der Waals surface area contributed by atoms with Crippen LogP contribution in [0.2, 0.25) is 0 Å². The second-order valence-electron chi connectivity index (χ2n) is 7.04. The number of ether oxygens (including phenoxy) is 1. The summed E-state index contributed by atoms with van der Waals surface area (Å²) in [5.41, 5.74) is 0.161. The summed E-state index contributed by atoms with van der Waals surface area (Å²) in [6.07, 6.45) is 2.16. The summed E-state index contributed by atoms with van der Waals surface area (Å²) in [6, 6.07) is 5.00. The van der Waals surface area contributed by atoms with Crippen molar-refractivity contribution in [3.05, 3.63) is 46.0 Å². The second kappa shape index (κ2) is 5.14. The molecule has 134 valence electrons. The Morgan fingerprint density at radius 2 is 2.15 bits per heavy atom. The first-order valence-electron chi connectivity index (χ1n) is 8.76. The Labute approximate surface area is 149 Å². The van der Waals surface area contributed by atoms with Gasteiger partial charge in [0.2, 0.25) is 5.91 Å². The fourth-order valence-corrected chi connectivity index (χ4v) is 4.61. The molecule has 0 saturated carbocycles. The highest BCUT2D eigenvalue weighted by molar-refractivity contribution is 5.95. The van der Waals surface area contributed by atoms with Gasteiger partial charge in [-0.3, -0.25) is 18.8 Å². The number of carbonyl (C=O) groups excluding carboxylic acids is 2. The van der Waals surface area contributed by atoms with Crippen LogP contribution >= 0.6 is 0 Å². The largest absolute Gasteiger partial charge is 0.351 e. The summed E-state index contributed by atoms with van der Waals surface area (Å²) in [5, 5.41) is 0. The van der Waals surface area contributed by atoms with Gasteiger partial charge >= 0.3 is 0 Å². The number of likely N-dealkylation sites (tertiary alicyclic amines) is 1. The van der Waals surface area contributed by atoms with Crippen molar-refractivity contribution < 1.29 is 14.3 Å². The zero-order valence-electron chi connectivity index (χ0n) is 14.3. The van der Waals surface area contributed by atoms with Gasteiger partial charge in [-0.05, 0) is 19.1 Å². The van der Waals surface area contributed by atoms with Gasteiger partial charge in [0, 0.05) is 31.4 Å². The van der Waals surface area contributed by atoms with Crippen molar-refractivity contribution in [3.8, 4) is 0 Å². The van der Waals surface area contributed by atoms with Crippen molar-refractivity contribution in [2.24, 2.45) is 0 Å². The number of nitrogens with zero attached hydrogens (tertiary/aromatic N) is 4. The Kier molecular flexibility index (Phi) is 3.06. The maximum Gasteiger partial charge on any atom is 0.270 e. The molecule has 0 radical (unpaired) electrons. The molecule has 3 aliphatic rings. The van der Waals surface area contributed by atoms with Crippen LogP contribution in [0.1, 0.15) is 28.9 Å². The average molecular weight is 354 g/mol. The highest BCUT2D eigenvalue weighted by atomic mass is 16.5. The molecule has 2 amide bonds. The molecule has 0 unspecified atom stereocenters. The lowest BCUT2D eigenvalue weighted by molar-refractivity contribution is -0.136. The zero-order chi connectivity index (χ0) is 18.1. The molecule has 26 heavy (non-hydrogen) atoms. The van der Waals surface area contributed by atoms with Gasteiger partial charge in [0.1, 0.15) is 11.2 Å². The van der Waals surface area contributed by atoms with E-state index in [0.717, 1.165) is 0 Å². The SMILES string of the molecule is Cc1cccc2ncc(C(=O)N3CC[C@@]45OCCN4C(=O)C[C@@H]35)c(=O)n12. The highest BCUT2D eigenvalue weighted by Crippen LogP contribution is 2.45. The Balaban J connectivity index is 1.57. The van der Waals surface area contributed by atoms with E-state index < -0.39 is 5.72 Å². The maximum atomic E-state index is 13.1. The minimum Gasteiger partial charge on any atom is -0.351 e. The van der Waals surface area contributed by atoms with Crippen LogP contribution in [-0.4, -0.2) is 62.5 Å². The molecule has 8 heteroatoms. The van der Waals surface area contributed by atoms with E-state index in [0.29, 0.717) is 37.5 Å². The summed E-state index contributed by atoms with van der Waals surface area (Å²) >= 11 is 0. The monoisotopic (exact) mass is 354 g/mol. The molecule has 0 aromatic carbocycles. The summed E-state index contributed by atoms with van der Waals surface area (Å²) in [7, 11) is 0. The van der Waals surface area contributed by atoms with Gasteiger partial charge in [0.05, 0.1) is 19.1 Å². The molecule has 3 aliphatic heterocycles. The molecule has 0 N–H and O–H groups in total. The standard InChI is InChI=1S/C18H18N4O4/c1-11-3-2-4-14-19-10-12(17(25)22(11)14)16(24)20-6-5-18-13(20)9-15(23)21(18)7-8-26-18/h2-4,10,13H,5-9H2,1H3/t13-,18+/m1/s1. The van der Waals surface area contributed by atoms with E-state index in [4.69, 9.17) is 4.74 Å². The molecule has 2 aromatic heterocycles. The molecule has 2 aromatic rings. The third-order valence-corrected chi connectivity index (χ3v) is 5.82. The molecule has 5 rings (SSSR count). The molecule has 3 fully saturated rings. The smallest absolute Gasteiger partial charge is 0.270 e. The van der Waals surface area contributed by atoms with E-state index in [-0.39, 0.29) is 35.4 Å². The van der Waals surface area contributed by atoms with Crippen molar-refractivity contribution in [2.75, 3.05) is 19.7 Å². The van der Waals surface area contributed by atoms with E-state index in [1.165, 1.54) is 10.6 Å². The summed E-state index contributed by atoms with van der Waals surface area (Å²) < 4.78 is 7.35. The van der Waals surface area contributed by atoms with Crippen molar-refractivity contribution in [3.63, 3.8) is 0 Å². The Bertz CT molecular complexity index is 1020. The van der Waals surface area contributed by atoms with Gasteiger partial charge in [0.25, 0.3) is 11.5 Å². The molecular weight excluding hydrogens is 336 g/mol. The van der Waals surface area contributed by atoms with E-state index >= 15 is 0 Å². The maximum absolute atomic E-state index is 13.1. The lowest BCUT2D eigenvalue weighted by Crippen LogP contribution is -2.49. The van der Waals surface area contributed by atoms with Crippen LogP contribution in [-0.2, 0) is 9.53 Å². The number of aryl methyl sites for hydroxylation is 1. The molecular formula is C18H18N4O4. The van der Waals surface area contributed by atoms with Gasteiger partial charge in [-0.25, -0.2) is 4.98 Å².